The molecular weight excluding hydrogens is 164 g/mol. The molecule has 0 aliphatic carbocycles. The monoisotopic (exact) mass is 182 g/mol. The van der Waals surface area contributed by atoms with Gasteiger partial charge in [-0.1, -0.05) is 19.8 Å². The summed E-state index contributed by atoms with van der Waals surface area (Å²) in [6.45, 7) is 6.62. The first-order valence-corrected chi connectivity index (χ1v) is 4.99. The molecule has 0 aromatic rings. The Hall–Kier alpha value is -0.630. The van der Waals surface area contributed by atoms with E-state index >= 15 is 0 Å². The van der Waals surface area contributed by atoms with E-state index in [1.807, 2.05) is 13.8 Å². The summed E-state index contributed by atoms with van der Waals surface area (Å²) in [5.74, 6) is 0.192. The van der Waals surface area contributed by atoms with Gasteiger partial charge in [-0.05, 0) is 31.4 Å². The number of carbonyl (C=O) groups excluding carboxylic acids is 1. The number of ketones is 1. The van der Waals surface area contributed by atoms with Crippen LogP contribution in [0.3, 0.4) is 0 Å². The summed E-state index contributed by atoms with van der Waals surface area (Å²) in [7, 11) is 0. The summed E-state index contributed by atoms with van der Waals surface area (Å²) in [4.78, 5) is 11.7. The van der Waals surface area contributed by atoms with Crippen LogP contribution in [0.25, 0.3) is 0 Å². The van der Waals surface area contributed by atoms with Crippen molar-refractivity contribution in [3.8, 4) is 0 Å². The minimum absolute atomic E-state index is 0.163. The van der Waals surface area contributed by atoms with E-state index in [1.165, 1.54) is 0 Å². The largest absolute Gasteiger partial charge is 0.366 e. The van der Waals surface area contributed by atoms with Gasteiger partial charge in [0.25, 0.3) is 0 Å². The molecular formula is C11H18O2. The minimum atomic E-state index is -0.163. The summed E-state index contributed by atoms with van der Waals surface area (Å²) in [5.41, 5.74) is 1.99. The third-order valence-corrected chi connectivity index (χ3v) is 2.62. The molecule has 0 amide bonds. The number of Topliss-reactive ketones (excluding diaryl/α,β-unsaturated/α-hetero) is 1. The lowest BCUT2D eigenvalue weighted by Gasteiger charge is -2.23. The molecule has 0 fully saturated rings. The van der Waals surface area contributed by atoms with Crippen molar-refractivity contribution in [2.45, 2.75) is 46.1 Å². The Labute approximate surface area is 80.0 Å². The molecule has 0 saturated carbocycles. The van der Waals surface area contributed by atoms with Crippen molar-refractivity contribution < 1.29 is 9.53 Å². The molecule has 0 aromatic heterocycles. The molecule has 74 valence electrons. The highest BCUT2D eigenvalue weighted by atomic mass is 16.5. The predicted molar refractivity (Wildman–Crippen MR) is 52.6 cm³/mol. The van der Waals surface area contributed by atoms with Crippen LogP contribution in [0, 0.1) is 0 Å². The fourth-order valence-electron chi connectivity index (χ4n) is 1.47. The van der Waals surface area contributed by atoms with Gasteiger partial charge in [0, 0.05) is 0 Å². The first-order chi connectivity index (χ1) is 6.16. The number of rotatable bonds is 3. The summed E-state index contributed by atoms with van der Waals surface area (Å²) >= 11 is 0. The second-order valence-corrected chi connectivity index (χ2v) is 3.71. The Bertz CT molecular complexity index is 228. The molecule has 1 aliphatic rings. The molecule has 2 heteroatoms. The van der Waals surface area contributed by atoms with Crippen LogP contribution in [0.1, 0.15) is 40.0 Å². The van der Waals surface area contributed by atoms with Gasteiger partial charge in [-0.2, -0.15) is 0 Å². The maximum Gasteiger partial charge on any atom is 0.187 e. The molecule has 0 saturated heterocycles. The van der Waals surface area contributed by atoms with Crippen molar-refractivity contribution in [3.63, 3.8) is 0 Å². The van der Waals surface area contributed by atoms with Crippen LogP contribution < -0.4 is 0 Å². The molecule has 2 nitrogen and oxygen atoms in total. The number of carbonyl (C=O) groups is 1. The van der Waals surface area contributed by atoms with Gasteiger partial charge in [0.05, 0.1) is 6.61 Å². The molecule has 0 aromatic carbocycles. The van der Waals surface area contributed by atoms with Crippen LogP contribution in [0.5, 0.6) is 0 Å². The lowest BCUT2D eigenvalue weighted by Crippen LogP contribution is -2.31. The fourth-order valence-corrected chi connectivity index (χ4v) is 1.47. The molecule has 1 rings (SSSR count). The Morgan fingerprint density at radius 2 is 2.15 bits per heavy atom. The van der Waals surface area contributed by atoms with Crippen molar-refractivity contribution in [3.05, 3.63) is 11.1 Å². The smallest absolute Gasteiger partial charge is 0.187 e. The summed E-state index contributed by atoms with van der Waals surface area (Å²) in [6, 6.07) is 0. The third-order valence-electron chi connectivity index (χ3n) is 2.62. The van der Waals surface area contributed by atoms with Crippen LogP contribution in [-0.4, -0.2) is 18.5 Å². The average molecular weight is 182 g/mol. The zero-order valence-electron chi connectivity index (χ0n) is 8.72. The van der Waals surface area contributed by atoms with Crippen molar-refractivity contribution in [1.29, 1.82) is 0 Å². The normalized spacial score (nSPS) is 23.9. The maximum atomic E-state index is 11.7. The number of hydrogen-bond acceptors (Lipinski definition) is 2. The maximum absolute atomic E-state index is 11.7. The Balaban J connectivity index is 2.58. The second-order valence-electron chi connectivity index (χ2n) is 3.71. The van der Waals surface area contributed by atoms with Crippen molar-refractivity contribution in [2.75, 3.05) is 6.61 Å². The summed E-state index contributed by atoms with van der Waals surface area (Å²) in [5, 5.41) is 0. The predicted octanol–water partition coefficient (Wildman–Crippen LogP) is 2.48. The SMILES string of the molecule is CCCCC1OCC(C)=C(C)C1=O. The van der Waals surface area contributed by atoms with Gasteiger partial charge < -0.3 is 4.74 Å². The van der Waals surface area contributed by atoms with E-state index < -0.39 is 0 Å². The molecule has 13 heavy (non-hydrogen) atoms. The molecule has 1 aliphatic heterocycles. The van der Waals surface area contributed by atoms with Crippen LogP contribution in [0.15, 0.2) is 11.1 Å². The van der Waals surface area contributed by atoms with Crippen molar-refractivity contribution in [1.82, 2.24) is 0 Å². The van der Waals surface area contributed by atoms with Crippen molar-refractivity contribution >= 4 is 5.78 Å². The van der Waals surface area contributed by atoms with Gasteiger partial charge in [-0.15, -0.1) is 0 Å². The highest BCUT2D eigenvalue weighted by Gasteiger charge is 2.25. The topological polar surface area (TPSA) is 26.3 Å². The van der Waals surface area contributed by atoms with E-state index in [-0.39, 0.29) is 11.9 Å². The highest BCUT2D eigenvalue weighted by molar-refractivity contribution is 5.99. The zero-order chi connectivity index (χ0) is 9.84. The van der Waals surface area contributed by atoms with Gasteiger partial charge >= 0.3 is 0 Å². The van der Waals surface area contributed by atoms with Crippen LogP contribution in [-0.2, 0) is 9.53 Å². The second kappa shape index (κ2) is 4.56. The number of hydrogen-bond donors (Lipinski definition) is 0. The molecule has 1 unspecified atom stereocenters. The first kappa shape index (κ1) is 10.5. The Morgan fingerprint density at radius 1 is 1.46 bits per heavy atom. The molecule has 0 N–H and O–H groups in total. The van der Waals surface area contributed by atoms with E-state index in [1.54, 1.807) is 0 Å². The van der Waals surface area contributed by atoms with Gasteiger partial charge in [0.1, 0.15) is 6.10 Å². The minimum Gasteiger partial charge on any atom is -0.366 e. The van der Waals surface area contributed by atoms with Gasteiger partial charge in [0.15, 0.2) is 5.78 Å². The van der Waals surface area contributed by atoms with E-state index in [2.05, 4.69) is 6.92 Å². The third kappa shape index (κ3) is 2.41. The highest BCUT2D eigenvalue weighted by Crippen LogP contribution is 2.19. The molecule has 1 heterocycles. The van der Waals surface area contributed by atoms with E-state index in [9.17, 15) is 4.79 Å². The summed E-state index contributed by atoms with van der Waals surface area (Å²) in [6.07, 6.45) is 2.90. The quantitative estimate of drug-likeness (QED) is 0.670. The standard InChI is InChI=1S/C11H18O2/c1-4-5-6-10-11(12)9(3)8(2)7-13-10/h10H,4-7H2,1-3H3. The number of ether oxygens (including phenoxy) is 1. The van der Waals surface area contributed by atoms with Crippen LogP contribution in [0.4, 0.5) is 0 Å². The van der Waals surface area contributed by atoms with Crippen LogP contribution in [0.2, 0.25) is 0 Å². The molecule has 0 spiro atoms. The van der Waals surface area contributed by atoms with Gasteiger partial charge in [-0.3, -0.25) is 4.79 Å². The fraction of sp³-hybridized carbons (Fsp3) is 0.727. The van der Waals surface area contributed by atoms with E-state index in [0.29, 0.717) is 6.61 Å². The Morgan fingerprint density at radius 3 is 2.77 bits per heavy atom. The molecule has 1 atom stereocenters. The first-order valence-electron chi connectivity index (χ1n) is 4.99. The Kier molecular flexibility index (Phi) is 3.67. The number of unbranched alkanes of at least 4 members (excludes halogenated alkanes) is 1. The van der Waals surface area contributed by atoms with Crippen LogP contribution >= 0.6 is 0 Å². The zero-order valence-corrected chi connectivity index (χ0v) is 8.72. The lowest BCUT2D eigenvalue weighted by molar-refractivity contribution is -0.128. The lowest BCUT2D eigenvalue weighted by atomic mass is 9.97. The molecule has 0 radical (unpaired) electrons. The van der Waals surface area contributed by atoms with E-state index in [0.717, 1.165) is 30.4 Å². The average Bonchev–Trinajstić information content (AvgIpc) is 2.13. The molecule has 0 bridgehead atoms. The van der Waals surface area contributed by atoms with Crippen molar-refractivity contribution in [2.24, 2.45) is 0 Å². The van der Waals surface area contributed by atoms with Gasteiger partial charge in [0.2, 0.25) is 0 Å². The van der Waals surface area contributed by atoms with E-state index in [4.69, 9.17) is 4.74 Å². The van der Waals surface area contributed by atoms with Gasteiger partial charge in [-0.25, -0.2) is 0 Å². The summed E-state index contributed by atoms with van der Waals surface area (Å²) < 4.78 is 5.47.